The molecule has 0 amide bonds. The second kappa shape index (κ2) is 5.51. The second-order valence-corrected chi connectivity index (χ2v) is 5.15. The molecule has 0 aliphatic carbocycles. The average molecular weight is 288 g/mol. The summed E-state index contributed by atoms with van der Waals surface area (Å²) in [4.78, 5) is 21.5. The molecule has 110 valence electrons. The Balaban J connectivity index is 1.64. The number of aryl methyl sites for hydroxylation is 1. The Bertz CT molecular complexity index is 630. The highest BCUT2D eigenvalue weighted by molar-refractivity contribution is 5.87. The minimum Gasteiger partial charge on any atom is -0.478 e. The minimum atomic E-state index is -0.959. The number of piperidine rings is 1. The lowest BCUT2D eigenvalue weighted by molar-refractivity contribution is 0.0696. The highest BCUT2D eigenvalue weighted by atomic mass is 16.5. The molecule has 1 fully saturated rings. The van der Waals surface area contributed by atoms with Gasteiger partial charge in [-0.05, 0) is 31.9 Å². The monoisotopic (exact) mass is 288 g/mol. The van der Waals surface area contributed by atoms with E-state index in [4.69, 9.17) is 9.63 Å². The maximum atomic E-state index is 10.8. The predicted molar refractivity (Wildman–Crippen MR) is 74.4 cm³/mol. The molecule has 21 heavy (non-hydrogen) atoms. The van der Waals surface area contributed by atoms with Crippen molar-refractivity contribution < 1.29 is 14.4 Å². The molecule has 1 aliphatic rings. The topological polar surface area (TPSA) is 92.4 Å². The third kappa shape index (κ3) is 2.86. The molecule has 0 atom stereocenters. The van der Waals surface area contributed by atoms with E-state index in [2.05, 4.69) is 20.0 Å². The summed E-state index contributed by atoms with van der Waals surface area (Å²) in [5, 5.41) is 12.7. The molecule has 2 aromatic heterocycles. The van der Waals surface area contributed by atoms with Crippen LogP contribution in [0.1, 0.15) is 40.8 Å². The highest BCUT2D eigenvalue weighted by Crippen LogP contribution is 2.28. The van der Waals surface area contributed by atoms with Gasteiger partial charge in [-0.25, -0.2) is 9.78 Å². The molecule has 0 saturated carbocycles. The van der Waals surface area contributed by atoms with Crippen LogP contribution in [0, 0.1) is 6.92 Å². The molecule has 0 unspecified atom stereocenters. The normalized spacial score (nSPS) is 16.1. The smallest absolute Gasteiger partial charge is 0.337 e. The number of hydrogen-bond donors (Lipinski definition) is 1. The highest BCUT2D eigenvalue weighted by Gasteiger charge is 2.25. The van der Waals surface area contributed by atoms with Gasteiger partial charge >= 0.3 is 5.97 Å². The van der Waals surface area contributed by atoms with Gasteiger partial charge in [0.05, 0.1) is 5.56 Å². The van der Waals surface area contributed by atoms with Crippen LogP contribution in [0.15, 0.2) is 22.9 Å². The van der Waals surface area contributed by atoms with Crippen molar-refractivity contribution in [1.29, 1.82) is 0 Å². The summed E-state index contributed by atoms with van der Waals surface area (Å²) in [6, 6.07) is 3.33. The summed E-state index contributed by atoms with van der Waals surface area (Å²) in [6.45, 7) is 3.49. The Morgan fingerprint density at radius 2 is 2.14 bits per heavy atom. The fourth-order valence-corrected chi connectivity index (χ4v) is 2.53. The largest absolute Gasteiger partial charge is 0.478 e. The maximum absolute atomic E-state index is 10.8. The van der Waals surface area contributed by atoms with E-state index >= 15 is 0 Å². The molecular formula is C14H16N4O3. The minimum absolute atomic E-state index is 0.204. The maximum Gasteiger partial charge on any atom is 0.337 e. The first-order valence-corrected chi connectivity index (χ1v) is 6.88. The van der Waals surface area contributed by atoms with Crippen molar-refractivity contribution in [2.75, 3.05) is 18.0 Å². The summed E-state index contributed by atoms with van der Waals surface area (Å²) in [6.07, 6.45) is 3.24. The lowest BCUT2D eigenvalue weighted by Crippen LogP contribution is -2.33. The van der Waals surface area contributed by atoms with Gasteiger partial charge < -0.3 is 14.5 Å². The number of aromatic carboxylic acids is 1. The van der Waals surface area contributed by atoms with Crippen LogP contribution in [0.5, 0.6) is 0 Å². The van der Waals surface area contributed by atoms with E-state index in [9.17, 15) is 4.79 Å². The number of carboxylic acids is 1. The van der Waals surface area contributed by atoms with Crippen LogP contribution in [0.4, 0.5) is 5.82 Å². The van der Waals surface area contributed by atoms with Gasteiger partial charge in [0.2, 0.25) is 5.89 Å². The van der Waals surface area contributed by atoms with E-state index in [-0.39, 0.29) is 5.56 Å². The Hall–Kier alpha value is -2.44. The standard InChI is InChI=1S/C14H16N4O3/c1-9-16-13(21-17-9)10-4-6-18(7-5-10)12-3-2-11(8-15-12)14(19)20/h2-3,8,10H,4-7H2,1H3,(H,19,20). The van der Waals surface area contributed by atoms with E-state index in [1.807, 2.05) is 6.92 Å². The van der Waals surface area contributed by atoms with Gasteiger partial charge in [0.25, 0.3) is 0 Å². The fraction of sp³-hybridized carbons (Fsp3) is 0.429. The van der Waals surface area contributed by atoms with Gasteiger partial charge in [-0.1, -0.05) is 5.16 Å². The van der Waals surface area contributed by atoms with E-state index in [1.165, 1.54) is 6.20 Å². The first-order chi connectivity index (χ1) is 10.1. The van der Waals surface area contributed by atoms with Crippen LogP contribution in [-0.4, -0.2) is 39.3 Å². The zero-order valence-corrected chi connectivity index (χ0v) is 11.7. The van der Waals surface area contributed by atoms with Crippen LogP contribution in [0.2, 0.25) is 0 Å². The lowest BCUT2D eigenvalue weighted by Gasteiger charge is -2.31. The van der Waals surface area contributed by atoms with E-state index < -0.39 is 5.97 Å². The Morgan fingerprint density at radius 3 is 2.67 bits per heavy atom. The third-order valence-electron chi connectivity index (χ3n) is 3.71. The Kier molecular flexibility index (Phi) is 3.55. The first kappa shape index (κ1) is 13.5. The van der Waals surface area contributed by atoms with Gasteiger partial charge in [-0.15, -0.1) is 0 Å². The average Bonchev–Trinajstić information content (AvgIpc) is 2.94. The number of pyridine rings is 1. The molecule has 3 heterocycles. The molecule has 3 rings (SSSR count). The molecule has 1 aliphatic heterocycles. The number of carboxylic acid groups (broad SMARTS) is 1. The SMILES string of the molecule is Cc1noc(C2CCN(c3ccc(C(=O)O)cn3)CC2)n1. The van der Waals surface area contributed by atoms with Gasteiger partial charge in [-0.2, -0.15) is 4.98 Å². The van der Waals surface area contributed by atoms with Crippen molar-refractivity contribution in [3.63, 3.8) is 0 Å². The van der Waals surface area contributed by atoms with Crippen molar-refractivity contribution in [2.45, 2.75) is 25.7 Å². The van der Waals surface area contributed by atoms with Crippen LogP contribution in [0.25, 0.3) is 0 Å². The molecular weight excluding hydrogens is 272 g/mol. The molecule has 0 radical (unpaired) electrons. The number of rotatable bonds is 3. The summed E-state index contributed by atoms with van der Waals surface area (Å²) in [5.74, 6) is 1.51. The molecule has 0 bridgehead atoms. The number of anilines is 1. The molecule has 1 N–H and O–H groups in total. The van der Waals surface area contributed by atoms with Crippen molar-refractivity contribution in [2.24, 2.45) is 0 Å². The third-order valence-corrected chi connectivity index (χ3v) is 3.71. The summed E-state index contributed by atoms with van der Waals surface area (Å²) >= 11 is 0. The number of aromatic nitrogens is 3. The number of hydrogen-bond acceptors (Lipinski definition) is 6. The van der Waals surface area contributed by atoms with E-state index in [1.54, 1.807) is 12.1 Å². The van der Waals surface area contributed by atoms with E-state index in [0.717, 1.165) is 31.7 Å². The van der Waals surface area contributed by atoms with Crippen molar-refractivity contribution in [3.8, 4) is 0 Å². The van der Waals surface area contributed by atoms with Gasteiger partial charge in [-0.3, -0.25) is 0 Å². The Labute approximate surface area is 121 Å². The summed E-state index contributed by atoms with van der Waals surface area (Å²) in [7, 11) is 0. The van der Waals surface area contributed by atoms with Gasteiger partial charge in [0.1, 0.15) is 5.82 Å². The molecule has 7 heteroatoms. The quantitative estimate of drug-likeness (QED) is 0.921. The van der Waals surface area contributed by atoms with Crippen LogP contribution >= 0.6 is 0 Å². The number of nitrogens with zero attached hydrogens (tertiary/aromatic N) is 4. The van der Waals surface area contributed by atoms with Crippen LogP contribution in [-0.2, 0) is 0 Å². The van der Waals surface area contributed by atoms with Crippen molar-refractivity contribution >= 4 is 11.8 Å². The van der Waals surface area contributed by atoms with Crippen molar-refractivity contribution in [3.05, 3.63) is 35.6 Å². The summed E-state index contributed by atoms with van der Waals surface area (Å²) in [5.41, 5.74) is 0.204. The molecule has 7 nitrogen and oxygen atoms in total. The van der Waals surface area contributed by atoms with Gasteiger partial charge in [0.15, 0.2) is 5.82 Å². The van der Waals surface area contributed by atoms with E-state index in [0.29, 0.717) is 17.6 Å². The molecule has 1 saturated heterocycles. The Morgan fingerprint density at radius 1 is 1.38 bits per heavy atom. The van der Waals surface area contributed by atoms with Crippen LogP contribution < -0.4 is 4.90 Å². The molecule has 0 spiro atoms. The lowest BCUT2D eigenvalue weighted by atomic mass is 9.97. The fourth-order valence-electron chi connectivity index (χ4n) is 2.53. The molecule has 2 aromatic rings. The molecule has 0 aromatic carbocycles. The van der Waals surface area contributed by atoms with Crippen LogP contribution in [0.3, 0.4) is 0 Å². The zero-order chi connectivity index (χ0) is 14.8. The van der Waals surface area contributed by atoms with Gasteiger partial charge in [0, 0.05) is 25.2 Å². The second-order valence-electron chi connectivity index (χ2n) is 5.15. The zero-order valence-electron chi connectivity index (χ0n) is 11.7. The summed E-state index contributed by atoms with van der Waals surface area (Å²) < 4.78 is 5.23. The predicted octanol–water partition coefficient (Wildman–Crippen LogP) is 1.86. The number of carbonyl (C=O) groups is 1. The van der Waals surface area contributed by atoms with Crippen molar-refractivity contribution in [1.82, 2.24) is 15.1 Å². The first-order valence-electron chi connectivity index (χ1n) is 6.88.